The zero-order chi connectivity index (χ0) is 15.5. The Kier molecular flexibility index (Phi) is 4.17. The number of carbonyl (C=O) groups excluding carboxylic acids is 1. The zero-order valence-corrected chi connectivity index (χ0v) is 13.2. The van der Waals surface area contributed by atoms with Crippen LogP contribution in [0.4, 0.5) is 0 Å². The van der Waals surface area contributed by atoms with Gasteiger partial charge >= 0.3 is 0 Å². The first-order valence-corrected chi connectivity index (χ1v) is 8.32. The Morgan fingerprint density at radius 3 is 2.91 bits per heavy atom. The first kappa shape index (κ1) is 14.7. The number of amides is 1. The molecule has 0 spiro atoms. The number of rotatable bonds is 2. The van der Waals surface area contributed by atoms with E-state index < -0.39 is 0 Å². The van der Waals surface area contributed by atoms with Crippen LogP contribution in [-0.2, 0) is 13.0 Å². The van der Waals surface area contributed by atoms with Crippen LogP contribution in [0.3, 0.4) is 0 Å². The number of benzene rings is 1. The summed E-state index contributed by atoms with van der Waals surface area (Å²) >= 11 is 1.72. The van der Waals surface area contributed by atoms with E-state index in [1.165, 1.54) is 16.0 Å². The first-order chi connectivity index (χ1) is 10.7. The van der Waals surface area contributed by atoms with E-state index in [0.29, 0.717) is 17.8 Å². The monoisotopic (exact) mass is 308 g/mol. The molecule has 0 radical (unpaired) electrons. The topological polar surface area (TPSA) is 33.2 Å². The van der Waals surface area contributed by atoms with Gasteiger partial charge in [0.15, 0.2) is 0 Å². The number of terminal acetylenes is 1. The van der Waals surface area contributed by atoms with Crippen molar-refractivity contribution < 1.29 is 4.79 Å². The van der Waals surface area contributed by atoms with Gasteiger partial charge in [0, 0.05) is 29.7 Å². The molecule has 0 aliphatic carbocycles. The molecule has 1 aromatic heterocycles. The SMILES string of the molecule is C#Cc1ccc(C(=O)N2CCc3cccc(SC)c3C2)nc1. The van der Waals surface area contributed by atoms with Crippen LogP contribution in [0.5, 0.6) is 0 Å². The van der Waals surface area contributed by atoms with Crippen LogP contribution in [0.25, 0.3) is 0 Å². The van der Waals surface area contributed by atoms with Crippen molar-refractivity contribution in [2.75, 3.05) is 12.8 Å². The van der Waals surface area contributed by atoms with Crippen LogP contribution in [0.2, 0.25) is 0 Å². The average molecular weight is 308 g/mol. The van der Waals surface area contributed by atoms with E-state index in [1.54, 1.807) is 30.1 Å². The highest BCUT2D eigenvalue weighted by Gasteiger charge is 2.24. The molecule has 3 nitrogen and oxygen atoms in total. The van der Waals surface area contributed by atoms with E-state index in [9.17, 15) is 4.79 Å². The molecule has 110 valence electrons. The fourth-order valence-corrected chi connectivity index (χ4v) is 3.34. The molecule has 1 aliphatic rings. The molecule has 0 fully saturated rings. The second kappa shape index (κ2) is 6.25. The molecule has 0 saturated carbocycles. The summed E-state index contributed by atoms with van der Waals surface area (Å²) in [5, 5.41) is 0. The number of carbonyl (C=O) groups is 1. The molecule has 22 heavy (non-hydrogen) atoms. The predicted octanol–water partition coefficient (Wildman–Crippen LogP) is 2.98. The molecule has 0 N–H and O–H groups in total. The number of nitrogens with zero attached hydrogens (tertiary/aromatic N) is 2. The average Bonchev–Trinajstić information content (AvgIpc) is 2.60. The van der Waals surface area contributed by atoms with Gasteiger partial charge in [0.25, 0.3) is 5.91 Å². The second-order valence-corrected chi connectivity index (χ2v) is 6.00. The van der Waals surface area contributed by atoms with Crippen molar-refractivity contribution in [3.8, 4) is 12.3 Å². The van der Waals surface area contributed by atoms with E-state index in [1.807, 2.05) is 4.90 Å². The van der Waals surface area contributed by atoms with Crippen molar-refractivity contribution in [1.29, 1.82) is 0 Å². The minimum absolute atomic E-state index is 0.0369. The summed E-state index contributed by atoms with van der Waals surface area (Å²) in [5.74, 6) is 2.47. The number of hydrogen-bond donors (Lipinski definition) is 0. The molecular formula is C18H16N2OS. The number of pyridine rings is 1. The van der Waals surface area contributed by atoms with Gasteiger partial charge in [-0.05, 0) is 42.0 Å². The molecular weight excluding hydrogens is 292 g/mol. The van der Waals surface area contributed by atoms with Crippen LogP contribution in [0.1, 0.15) is 27.2 Å². The number of hydrogen-bond acceptors (Lipinski definition) is 3. The van der Waals surface area contributed by atoms with Gasteiger partial charge in [0.2, 0.25) is 0 Å². The fourth-order valence-electron chi connectivity index (χ4n) is 2.68. The molecule has 0 unspecified atom stereocenters. The molecule has 0 atom stereocenters. The summed E-state index contributed by atoms with van der Waals surface area (Å²) in [5.41, 5.74) is 3.73. The van der Waals surface area contributed by atoms with Crippen LogP contribution in [-0.4, -0.2) is 28.6 Å². The second-order valence-electron chi connectivity index (χ2n) is 5.15. The van der Waals surface area contributed by atoms with Crippen molar-refractivity contribution >= 4 is 17.7 Å². The third-order valence-corrected chi connectivity index (χ3v) is 4.71. The van der Waals surface area contributed by atoms with Gasteiger partial charge in [-0.1, -0.05) is 18.1 Å². The summed E-state index contributed by atoms with van der Waals surface area (Å²) in [4.78, 5) is 19.9. The van der Waals surface area contributed by atoms with Gasteiger partial charge in [-0.15, -0.1) is 18.2 Å². The first-order valence-electron chi connectivity index (χ1n) is 7.09. The molecule has 3 rings (SSSR count). The summed E-state index contributed by atoms with van der Waals surface area (Å²) < 4.78 is 0. The minimum Gasteiger partial charge on any atom is -0.333 e. The lowest BCUT2D eigenvalue weighted by Gasteiger charge is -2.30. The van der Waals surface area contributed by atoms with Gasteiger partial charge < -0.3 is 4.90 Å². The molecule has 1 aromatic carbocycles. The summed E-state index contributed by atoms with van der Waals surface area (Å²) in [7, 11) is 0. The fraction of sp³-hybridized carbons (Fsp3) is 0.222. The maximum absolute atomic E-state index is 12.6. The molecule has 1 amide bonds. The molecule has 0 bridgehead atoms. The molecule has 1 aliphatic heterocycles. The molecule has 0 saturated heterocycles. The normalized spacial score (nSPS) is 13.4. The van der Waals surface area contributed by atoms with E-state index in [2.05, 4.69) is 35.4 Å². The predicted molar refractivity (Wildman–Crippen MR) is 88.8 cm³/mol. The number of aromatic nitrogens is 1. The van der Waals surface area contributed by atoms with Crippen LogP contribution in [0.15, 0.2) is 41.4 Å². The highest BCUT2D eigenvalue weighted by Crippen LogP contribution is 2.29. The largest absolute Gasteiger partial charge is 0.333 e. The zero-order valence-electron chi connectivity index (χ0n) is 12.4. The van der Waals surface area contributed by atoms with Crippen LogP contribution in [0, 0.1) is 12.3 Å². The summed E-state index contributed by atoms with van der Waals surface area (Å²) in [6, 6.07) is 9.80. The molecule has 2 aromatic rings. The lowest BCUT2D eigenvalue weighted by atomic mass is 9.99. The lowest BCUT2D eigenvalue weighted by molar-refractivity contribution is 0.0727. The van der Waals surface area contributed by atoms with Crippen LogP contribution < -0.4 is 0 Å². The van der Waals surface area contributed by atoms with Crippen molar-refractivity contribution in [2.24, 2.45) is 0 Å². The van der Waals surface area contributed by atoms with E-state index >= 15 is 0 Å². The van der Waals surface area contributed by atoms with E-state index in [0.717, 1.165) is 13.0 Å². The van der Waals surface area contributed by atoms with E-state index in [-0.39, 0.29) is 5.91 Å². The Labute approximate surface area is 134 Å². The maximum atomic E-state index is 12.6. The lowest BCUT2D eigenvalue weighted by Crippen LogP contribution is -2.36. The summed E-state index contributed by atoms with van der Waals surface area (Å²) in [6.07, 6.45) is 9.84. The van der Waals surface area contributed by atoms with Gasteiger partial charge in [0.1, 0.15) is 5.69 Å². The minimum atomic E-state index is -0.0369. The number of thioether (sulfide) groups is 1. The quantitative estimate of drug-likeness (QED) is 0.632. The van der Waals surface area contributed by atoms with Crippen molar-refractivity contribution in [3.63, 3.8) is 0 Å². The standard InChI is InChI=1S/C18H16N2OS/c1-3-13-7-8-16(19-11-13)18(21)20-10-9-14-5-4-6-17(22-2)15(14)12-20/h1,4-8,11H,9-10,12H2,2H3. The summed E-state index contributed by atoms with van der Waals surface area (Å²) in [6.45, 7) is 1.37. The van der Waals surface area contributed by atoms with Crippen molar-refractivity contribution in [3.05, 3.63) is 58.9 Å². The number of fused-ring (bicyclic) bond motifs is 1. The van der Waals surface area contributed by atoms with Crippen LogP contribution >= 0.6 is 11.8 Å². The van der Waals surface area contributed by atoms with Crippen molar-refractivity contribution in [2.45, 2.75) is 17.9 Å². The third-order valence-electron chi connectivity index (χ3n) is 3.89. The molecule has 2 heterocycles. The van der Waals surface area contributed by atoms with Gasteiger partial charge in [-0.25, -0.2) is 4.98 Å². The van der Waals surface area contributed by atoms with Crippen molar-refractivity contribution in [1.82, 2.24) is 9.88 Å². The maximum Gasteiger partial charge on any atom is 0.272 e. The Hall–Kier alpha value is -2.25. The van der Waals surface area contributed by atoms with Gasteiger partial charge in [0.05, 0.1) is 0 Å². The van der Waals surface area contributed by atoms with Gasteiger partial charge in [-0.2, -0.15) is 0 Å². The highest BCUT2D eigenvalue weighted by atomic mass is 32.2. The Balaban J connectivity index is 1.84. The van der Waals surface area contributed by atoms with E-state index in [4.69, 9.17) is 6.42 Å². The Morgan fingerprint density at radius 1 is 1.36 bits per heavy atom. The molecule has 4 heteroatoms. The third kappa shape index (κ3) is 2.72. The Morgan fingerprint density at radius 2 is 2.23 bits per heavy atom. The Bertz CT molecular complexity index is 732. The van der Waals surface area contributed by atoms with Gasteiger partial charge in [-0.3, -0.25) is 4.79 Å². The smallest absolute Gasteiger partial charge is 0.272 e. The highest BCUT2D eigenvalue weighted by molar-refractivity contribution is 7.98.